The second kappa shape index (κ2) is 5.04. The van der Waals surface area contributed by atoms with Crippen LogP contribution in [0.15, 0.2) is 42.6 Å². The number of benzene rings is 2. The molecule has 0 atom stereocenters. The Morgan fingerprint density at radius 1 is 1.19 bits per heavy atom. The van der Waals surface area contributed by atoms with Gasteiger partial charge in [0.25, 0.3) is 0 Å². The van der Waals surface area contributed by atoms with Gasteiger partial charge in [-0.05, 0) is 36.4 Å². The fourth-order valence-electron chi connectivity index (χ4n) is 2.19. The summed E-state index contributed by atoms with van der Waals surface area (Å²) in [7, 11) is 0. The molecule has 0 saturated carbocycles. The summed E-state index contributed by atoms with van der Waals surface area (Å²) in [5.74, 6) is -1.11. The van der Waals surface area contributed by atoms with Crippen LogP contribution in [0, 0.1) is 17.1 Å². The first kappa shape index (κ1) is 13.3. The van der Waals surface area contributed by atoms with Crippen LogP contribution in [-0.4, -0.2) is 10.8 Å². The number of fused-ring (bicyclic) bond motifs is 1. The van der Waals surface area contributed by atoms with E-state index in [2.05, 4.69) is 4.98 Å². The summed E-state index contributed by atoms with van der Waals surface area (Å²) >= 11 is 5.82. The molecule has 0 aliphatic heterocycles. The Balaban J connectivity index is 2.18. The number of carbonyl (C=O) groups excluding carboxylic acids is 1. The van der Waals surface area contributed by atoms with Gasteiger partial charge in [-0.25, -0.2) is 4.39 Å². The van der Waals surface area contributed by atoms with Crippen molar-refractivity contribution in [1.82, 2.24) is 4.98 Å². The lowest BCUT2D eigenvalue weighted by atomic mass is 10.0. The highest BCUT2D eigenvalue weighted by Crippen LogP contribution is 2.24. The molecule has 0 fully saturated rings. The third kappa shape index (κ3) is 2.28. The fourth-order valence-corrected chi connectivity index (χ4v) is 2.37. The lowest BCUT2D eigenvalue weighted by Crippen LogP contribution is -2.03. The van der Waals surface area contributed by atoms with Gasteiger partial charge in [0, 0.05) is 27.7 Å². The number of hydrogen-bond donors (Lipinski definition) is 1. The normalized spacial score (nSPS) is 10.5. The maximum absolute atomic E-state index is 13.8. The van der Waals surface area contributed by atoms with Crippen LogP contribution in [0.3, 0.4) is 0 Å². The van der Waals surface area contributed by atoms with Crippen LogP contribution >= 0.6 is 11.6 Å². The van der Waals surface area contributed by atoms with E-state index < -0.39 is 11.6 Å². The number of aromatic nitrogens is 1. The van der Waals surface area contributed by atoms with Crippen LogP contribution in [0.5, 0.6) is 0 Å². The molecule has 5 heteroatoms. The summed E-state index contributed by atoms with van der Waals surface area (Å²) < 4.78 is 13.8. The molecular weight excluding hydrogens is 291 g/mol. The summed E-state index contributed by atoms with van der Waals surface area (Å²) in [5, 5.41) is 9.81. The first-order chi connectivity index (χ1) is 10.1. The Morgan fingerprint density at radius 3 is 2.76 bits per heavy atom. The molecule has 0 bridgehead atoms. The highest BCUT2D eigenvalue weighted by molar-refractivity contribution is 6.31. The second-order valence-electron chi connectivity index (χ2n) is 4.53. The summed E-state index contributed by atoms with van der Waals surface area (Å²) in [6, 6.07) is 10.8. The van der Waals surface area contributed by atoms with E-state index in [1.165, 1.54) is 18.3 Å². The summed E-state index contributed by atoms with van der Waals surface area (Å²) in [4.78, 5) is 15.4. The van der Waals surface area contributed by atoms with E-state index in [0.29, 0.717) is 22.0 Å². The Hall–Kier alpha value is -2.64. The van der Waals surface area contributed by atoms with E-state index in [-0.39, 0.29) is 10.6 Å². The van der Waals surface area contributed by atoms with Gasteiger partial charge in [0.05, 0.1) is 17.2 Å². The largest absolute Gasteiger partial charge is 0.360 e. The number of hydrogen-bond acceptors (Lipinski definition) is 2. The molecule has 0 amide bonds. The third-order valence-corrected chi connectivity index (χ3v) is 3.46. The number of ketones is 1. The number of nitrogens with zero attached hydrogens (tertiary/aromatic N) is 1. The minimum Gasteiger partial charge on any atom is -0.360 e. The van der Waals surface area contributed by atoms with Gasteiger partial charge in [-0.15, -0.1) is 0 Å². The van der Waals surface area contributed by atoms with Gasteiger partial charge >= 0.3 is 0 Å². The SMILES string of the molecule is N#Cc1ccc2[nH]cc(C(=O)c3cc(Cl)ccc3F)c2c1. The molecule has 1 N–H and O–H groups in total. The average molecular weight is 299 g/mol. The zero-order chi connectivity index (χ0) is 15.0. The molecule has 3 rings (SSSR count). The molecule has 0 saturated heterocycles. The van der Waals surface area contributed by atoms with E-state index >= 15 is 0 Å². The standard InChI is InChI=1S/C16H8ClFN2O/c17-10-2-3-14(18)12(6-10)16(21)13-8-20-15-4-1-9(7-19)5-11(13)15/h1-6,8,20H. The van der Waals surface area contributed by atoms with Crippen molar-refractivity contribution in [3.63, 3.8) is 0 Å². The number of H-pyrrole nitrogens is 1. The maximum Gasteiger partial charge on any atom is 0.198 e. The van der Waals surface area contributed by atoms with Crippen LogP contribution in [0.4, 0.5) is 4.39 Å². The predicted octanol–water partition coefficient (Wildman–Crippen LogP) is 4.06. The maximum atomic E-state index is 13.8. The van der Waals surface area contributed by atoms with Crippen LogP contribution in [-0.2, 0) is 0 Å². The zero-order valence-electron chi connectivity index (χ0n) is 10.7. The first-order valence-corrected chi connectivity index (χ1v) is 6.49. The zero-order valence-corrected chi connectivity index (χ0v) is 11.4. The fraction of sp³-hybridized carbons (Fsp3) is 0. The van der Waals surface area contributed by atoms with E-state index in [1.54, 1.807) is 18.2 Å². The molecule has 0 unspecified atom stereocenters. The van der Waals surface area contributed by atoms with Crippen molar-refractivity contribution in [1.29, 1.82) is 5.26 Å². The number of halogens is 2. The first-order valence-electron chi connectivity index (χ1n) is 6.11. The number of carbonyl (C=O) groups is 1. The number of aromatic amines is 1. The molecular formula is C16H8ClFN2O. The number of rotatable bonds is 2. The van der Waals surface area contributed by atoms with Crippen LogP contribution < -0.4 is 0 Å². The van der Waals surface area contributed by atoms with Gasteiger partial charge in [-0.1, -0.05) is 11.6 Å². The Bertz CT molecular complexity index is 908. The Labute approximate surface area is 124 Å². The Morgan fingerprint density at radius 2 is 2.00 bits per heavy atom. The van der Waals surface area contributed by atoms with Crippen molar-refractivity contribution in [2.45, 2.75) is 0 Å². The van der Waals surface area contributed by atoms with Crippen LogP contribution in [0.2, 0.25) is 5.02 Å². The van der Waals surface area contributed by atoms with E-state index in [4.69, 9.17) is 16.9 Å². The number of nitriles is 1. The highest BCUT2D eigenvalue weighted by atomic mass is 35.5. The Kier molecular flexibility index (Phi) is 3.20. The van der Waals surface area contributed by atoms with Gasteiger partial charge in [-0.3, -0.25) is 4.79 Å². The lowest BCUT2D eigenvalue weighted by molar-refractivity contribution is 0.103. The van der Waals surface area contributed by atoms with Crippen molar-refractivity contribution >= 4 is 28.3 Å². The molecule has 21 heavy (non-hydrogen) atoms. The molecule has 1 heterocycles. The smallest absolute Gasteiger partial charge is 0.198 e. The molecule has 3 nitrogen and oxygen atoms in total. The quantitative estimate of drug-likeness (QED) is 0.725. The highest BCUT2D eigenvalue weighted by Gasteiger charge is 2.18. The minimum atomic E-state index is -0.629. The van der Waals surface area contributed by atoms with Crippen molar-refractivity contribution in [2.24, 2.45) is 0 Å². The van der Waals surface area contributed by atoms with Crippen molar-refractivity contribution in [3.8, 4) is 6.07 Å². The molecule has 1 aromatic heterocycles. The van der Waals surface area contributed by atoms with Crippen molar-refractivity contribution in [3.05, 3.63) is 70.1 Å². The lowest BCUT2D eigenvalue weighted by Gasteiger charge is -2.02. The molecule has 3 aromatic rings. The molecule has 0 spiro atoms. The van der Waals surface area contributed by atoms with Gasteiger partial charge in [-0.2, -0.15) is 5.26 Å². The van der Waals surface area contributed by atoms with Crippen molar-refractivity contribution < 1.29 is 9.18 Å². The topological polar surface area (TPSA) is 56.6 Å². The molecule has 102 valence electrons. The molecule has 0 radical (unpaired) electrons. The monoisotopic (exact) mass is 298 g/mol. The van der Waals surface area contributed by atoms with E-state index in [0.717, 1.165) is 6.07 Å². The van der Waals surface area contributed by atoms with Gasteiger partial charge in [0.1, 0.15) is 5.82 Å². The van der Waals surface area contributed by atoms with Crippen LogP contribution in [0.1, 0.15) is 21.5 Å². The summed E-state index contributed by atoms with van der Waals surface area (Å²) in [6.45, 7) is 0. The second-order valence-corrected chi connectivity index (χ2v) is 4.96. The minimum absolute atomic E-state index is 0.0919. The van der Waals surface area contributed by atoms with Gasteiger partial charge < -0.3 is 4.98 Å². The van der Waals surface area contributed by atoms with Gasteiger partial charge in [0.2, 0.25) is 0 Å². The van der Waals surface area contributed by atoms with E-state index in [9.17, 15) is 9.18 Å². The molecule has 0 aliphatic carbocycles. The third-order valence-electron chi connectivity index (χ3n) is 3.23. The predicted molar refractivity (Wildman–Crippen MR) is 77.9 cm³/mol. The van der Waals surface area contributed by atoms with Crippen LogP contribution in [0.25, 0.3) is 10.9 Å². The van der Waals surface area contributed by atoms with Crippen molar-refractivity contribution in [2.75, 3.05) is 0 Å². The molecule has 0 aliphatic rings. The summed E-state index contributed by atoms with van der Waals surface area (Å²) in [5.41, 5.74) is 1.36. The van der Waals surface area contributed by atoms with E-state index in [1.807, 2.05) is 6.07 Å². The van der Waals surface area contributed by atoms with Gasteiger partial charge in [0.15, 0.2) is 5.78 Å². The average Bonchev–Trinajstić information content (AvgIpc) is 2.91. The number of nitrogens with one attached hydrogen (secondary N) is 1. The summed E-state index contributed by atoms with van der Waals surface area (Å²) in [6.07, 6.45) is 1.51. The molecule has 2 aromatic carbocycles.